The second-order valence-electron chi connectivity index (χ2n) is 8.78. The second-order valence-corrected chi connectivity index (χ2v) is 10.5. The van der Waals surface area contributed by atoms with Crippen molar-refractivity contribution in [1.82, 2.24) is 14.3 Å². The number of nitrogens with one attached hydrogen (secondary N) is 2. The zero-order valence-electron chi connectivity index (χ0n) is 19.3. The largest absolute Gasteiger partial charge is 0.493 e. The molecule has 1 atom stereocenters. The number of ether oxygens (including phenoxy) is 1. The summed E-state index contributed by atoms with van der Waals surface area (Å²) in [5.41, 5.74) is 0.764. The van der Waals surface area contributed by atoms with Gasteiger partial charge in [0.15, 0.2) is 0 Å². The maximum absolute atomic E-state index is 14.7. The summed E-state index contributed by atoms with van der Waals surface area (Å²) in [7, 11) is -4.00. The zero-order chi connectivity index (χ0) is 25.8. The van der Waals surface area contributed by atoms with Crippen LogP contribution in [0.3, 0.4) is 0 Å². The van der Waals surface area contributed by atoms with Crippen molar-refractivity contribution in [3.8, 4) is 16.9 Å². The lowest BCUT2D eigenvalue weighted by atomic mass is 9.98. The number of H-pyrrole nitrogens is 1. The van der Waals surface area contributed by atoms with Crippen LogP contribution in [-0.4, -0.2) is 36.7 Å². The molecule has 0 bridgehead atoms. The van der Waals surface area contributed by atoms with E-state index in [2.05, 4.69) is 4.98 Å². The third kappa shape index (κ3) is 4.15. The summed E-state index contributed by atoms with van der Waals surface area (Å²) in [5.74, 6) is -1.81. The van der Waals surface area contributed by atoms with Crippen LogP contribution in [0.25, 0.3) is 22.0 Å². The maximum Gasteiger partial charge on any atom is 0.282 e. The summed E-state index contributed by atoms with van der Waals surface area (Å²) in [6, 6.07) is 9.48. The Morgan fingerprint density at radius 3 is 2.72 bits per heavy atom. The molecule has 1 aliphatic heterocycles. The average molecular weight is 514 g/mol. The number of pyridine rings is 1. The van der Waals surface area contributed by atoms with E-state index < -0.39 is 33.1 Å². The Bertz CT molecular complexity index is 1710. The van der Waals surface area contributed by atoms with Crippen molar-refractivity contribution in [2.45, 2.75) is 19.4 Å². The van der Waals surface area contributed by atoms with Gasteiger partial charge >= 0.3 is 0 Å². The molecule has 186 valence electrons. The molecule has 0 aliphatic carbocycles. The molecule has 1 amide bonds. The first-order valence-electron chi connectivity index (χ1n) is 11.0. The van der Waals surface area contributed by atoms with Crippen LogP contribution in [0.2, 0.25) is 0 Å². The van der Waals surface area contributed by atoms with Gasteiger partial charge in [0.2, 0.25) is 10.0 Å². The number of hydrogen-bond donors (Lipinski definition) is 2. The highest BCUT2D eigenvalue weighted by atomic mass is 32.2. The van der Waals surface area contributed by atoms with E-state index in [4.69, 9.17) is 4.74 Å². The molecule has 11 heteroatoms. The van der Waals surface area contributed by atoms with Crippen molar-refractivity contribution in [2.24, 2.45) is 0 Å². The Balaban J connectivity index is 1.89. The molecule has 0 spiro atoms. The third-order valence-corrected chi connectivity index (χ3v) is 6.69. The van der Waals surface area contributed by atoms with Gasteiger partial charge in [0, 0.05) is 39.8 Å². The van der Waals surface area contributed by atoms with Crippen LogP contribution in [0.4, 0.5) is 8.78 Å². The fraction of sp³-hybridized carbons (Fsp3) is 0.200. The SMILES string of the molecule is CC1COc2cc3c(-c4ccc[nH]c4=O)c(C(=O)NS(C)(=O)=O)n(Cc4cc(F)ccc4F)c3cc21. The van der Waals surface area contributed by atoms with E-state index in [1.54, 1.807) is 18.2 Å². The lowest BCUT2D eigenvalue weighted by Crippen LogP contribution is -2.32. The standard InChI is InChI=1S/C25H21F2N3O5S/c1-13-12-35-21-10-18-20(9-17(13)21)30(11-14-8-15(26)5-6-19(14)27)23(25(32)29-36(2,33)34)22(18)16-4-3-7-28-24(16)31/h3-10,13H,11-12H2,1-2H3,(H,28,31)(H,29,32). The molecule has 8 nitrogen and oxygen atoms in total. The van der Waals surface area contributed by atoms with E-state index >= 15 is 0 Å². The molecule has 2 aromatic heterocycles. The van der Waals surface area contributed by atoms with Crippen molar-refractivity contribution in [3.05, 3.63) is 87.5 Å². The van der Waals surface area contributed by atoms with E-state index in [0.717, 1.165) is 30.0 Å². The van der Waals surface area contributed by atoms with Gasteiger partial charge in [0.25, 0.3) is 11.5 Å². The minimum Gasteiger partial charge on any atom is -0.493 e. The topological polar surface area (TPSA) is 110 Å². The number of rotatable bonds is 5. The summed E-state index contributed by atoms with van der Waals surface area (Å²) < 4.78 is 61.8. The first-order chi connectivity index (χ1) is 17.0. The van der Waals surface area contributed by atoms with Crippen molar-refractivity contribution in [3.63, 3.8) is 0 Å². The third-order valence-electron chi connectivity index (χ3n) is 6.13. The van der Waals surface area contributed by atoms with Crippen LogP contribution in [0, 0.1) is 11.6 Å². The van der Waals surface area contributed by atoms with Gasteiger partial charge in [-0.15, -0.1) is 0 Å². The molecule has 2 aromatic carbocycles. The molecular weight excluding hydrogens is 492 g/mol. The van der Waals surface area contributed by atoms with Crippen molar-refractivity contribution in [2.75, 3.05) is 12.9 Å². The predicted octanol–water partition coefficient (Wildman–Crippen LogP) is 3.51. The van der Waals surface area contributed by atoms with Gasteiger partial charge in [0.1, 0.15) is 23.1 Å². The number of carbonyl (C=O) groups is 1. The maximum atomic E-state index is 14.7. The summed E-state index contributed by atoms with van der Waals surface area (Å²) in [6.07, 6.45) is 2.25. The highest BCUT2D eigenvalue weighted by Crippen LogP contribution is 2.42. The molecule has 5 rings (SSSR count). The summed E-state index contributed by atoms with van der Waals surface area (Å²) in [5, 5.41) is 0.426. The summed E-state index contributed by atoms with van der Waals surface area (Å²) in [4.78, 5) is 28.8. The monoisotopic (exact) mass is 513 g/mol. The van der Waals surface area contributed by atoms with Crippen LogP contribution in [0.15, 0.2) is 53.5 Å². The Kier molecular flexibility index (Phi) is 5.67. The molecule has 4 aromatic rings. The number of carbonyl (C=O) groups excluding carboxylic acids is 1. The molecule has 0 fully saturated rings. The number of fused-ring (bicyclic) bond motifs is 2. The fourth-order valence-corrected chi connectivity index (χ4v) is 4.98. The molecule has 1 unspecified atom stereocenters. The van der Waals surface area contributed by atoms with E-state index in [9.17, 15) is 26.8 Å². The fourth-order valence-electron chi connectivity index (χ4n) is 4.55. The Labute approximate surface area is 204 Å². The van der Waals surface area contributed by atoms with Crippen molar-refractivity contribution < 1.29 is 26.7 Å². The number of benzene rings is 2. The van der Waals surface area contributed by atoms with Gasteiger partial charge in [-0.05, 0) is 42.5 Å². The summed E-state index contributed by atoms with van der Waals surface area (Å²) >= 11 is 0. The first kappa shape index (κ1) is 23.7. The van der Waals surface area contributed by atoms with Crippen molar-refractivity contribution >= 4 is 26.8 Å². The van der Waals surface area contributed by atoms with Crippen LogP contribution < -0.4 is 15.0 Å². The molecule has 0 saturated carbocycles. The van der Waals surface area contributed by atoms with Crippen LogP contribution in [0.5, 0.6) is 5.75 Å². The number of nitrogens with zero attached hydrogens (tertiary/aromatic N) is 1. The van der Waals surface area contributed by atoms with Gasteiger partial charge < -0.3 is 14.3 Å². The molecule has 0 radical (unpaired) electrons. The zero-order valence-corrected chi connectivity index (χ0v) is 20.1. The van der Waals surface area contributed by atoms with Crippen LogP contribution in [-0.2, 0) is 16.6 Å². The van der Waals surface area contributed by atoms with E-state index in [1.165, 1.54) is 16.8 Å². The predicted molar refractivity (Wildman–Crippen MR) is 130 cm³/mol. The highest BCUT2D eigenvalue weighted by molar-refractivity contribution is 7.89. The van der Waals surface area contributed by atoms with Gasteiger partial charge in [-0.3, -0.25) is 9.59 Å². The van der Waals surface area contributed by atoms with Crippen LogP contribution >= 0.6 is 0 Å². The van der Waals surface area contributed by atoms with Crippen LogP contribution in [0.1, 0.15) is 34.5 Å². The minimum atomic E-state index is -4.00. The van der Waals surface area contributed by atoms with Gasteiger partial charge in [-0.25, -0.2) is 21.9 Å². The molecule has 1 aliphatic rings. The van der Waals surface area contributed by atoms with E-state index in [1.807, 2.05) is 11.6 Å². The molecular formula is C25H21F2N3O5S. The smallest absolute Gasteiger partial charge is 0.282 e. The highest BCUT2D eigenvalue weighted by Gasteiger charge is 2.30. The quantitative estimate of drug-likeness (QED) is 0.425. The number of halogens is 2. The number of aromatic amines is 1. The lowest BCUT2D eigenvalue weighted by Gasteiger charge is -2.13. The van der Waals surface area contributed by atoms with Crippen molar-refractivity contribution in [1.29, 1.82) is 0 Å². The minimum absolute atomic E-state index is 0.0236. The van der Waals surface area contributed by atoms with E-state index in [0.29, 0.717) is 23.3 Å². The average Bonchev–Trinajstić information content (AvgIpc) is 3.32. The second kappa shape index (κ2) is 8.59. The van der Waals surface area contributed by atoms with Gasteiger partial charge in [0.05, 0.1) is 24.9 Å². The number of aromatic nitrogens is 2. The normalized spacial score (nSPS) is 15.1. The molecule has 3 heterocycles. The Morgan fingerprint density at radius 2 is 2.00 bits per heavy atom. The number of hydrogen-bond acceptors (Lipinski definition) is 5. The molecule has 36 heavy (non-hydrogen) atoms. The van der Waals surface area contributed by atoms with E-state index in [-0.39, 0.29) is 34.8 Å². The number of amides is 1. The summed E-state index contributed by atoms with van der Waals surface area (Å²) in [6.45, 7) is 2.09. The lowest BCUT2D eigenvalue weighted by molar-refractivity contribution is 0.0974. The van der Waals surface area contributed by atoms with Gasteiger partial charge in [-0.1, -0.05) is 6.92 Å². The Hall–Kier alpha value is -3.99. The van der Waals surface area contributed by atoms with Gasteiger partial charge in [-0.2, -0.15) is 0 Å². The number of sulfonamides is 1. The molecule has 0 saturated heterocycles. The Morgan fingerprint density at radius 1 is 1.22 bits per heavy atom. The molecule has 2 N–H and O–H groups in total. The first-order valence-corrected chi connectivity index (χ1v) is 12.9.